The first-order valence-electron chi connectivity index (χ1n) is 8.64. The highest BCUT2D eigenvalue weighted by molar-refractivity contribution is 7.90. The van der Waals surface area contributed by atoms with E-state index in [9.17, 15) is 33.2 Å². The first-order valence-corrected chi connectivity index (χ1v) is 10.5. The van der Waals surface area contributed by atoms with Crippen molar-refractivity contribution in [2.45, 2.75) is 49.1 Å². The topological polar surface area (TPSA) is 135 Å². The van der Waals surface area contributed by atoms with Crippen LogP contribution in [0.1, 0.15) is 42.5 Å². The van der Waals surface area contributed by atoms with Gasteiger partial charge in [-0.2, -0.15) is 0 Å². The number of non-ortho nitro benzene ring substituents is 1. The average Bonchev–Trinajstić information content (AvgIpc) is 2.99. The Morgan fingerprint density at radius 3 is 2.48 bits per heavy atom. The van der Waals surface area contributed by atoms with Crippen LogP contribution < -0.4 is 0 Å². The Labute approximate surface area is 156 Å². The number of nitrogens with zero attached hydrogens (tertiary/aromatic N) is 2. The van der Waals surface area contributed by atoms with Crippen LogP contribution in [0.5, 0.6) is 0 Å². The second-order valence-electron chi connectivity index (χ2n) is 7.16. The van der Waals surface area contributed by atoms with Crippen molar-refractivity contribution < 1.29 is 28.0 Å². The van der Waals surface area contributed by atoms with Crippen LogP contribution in [0.2, 0.25) is 0 Å². The maximum Gasteiger partial charge on any atom is 0.326 e. The largest absolute Gasteiger partial charge is 0.480 e. The van der Waals surface area contributed by atoms with Crippen molar-refractivity contribution in [1.29, 1.82) is 0 Å². The summed E-state index contributed by atoms with van der Waals surface area (Å²) >= 11 is 0. The molecule has 1 saturated heterocycles. The van der Waals surface area contributed by atoms with Crippen molar-refractivity contribution in [1.82, 2.24) is 4.90 Å². The van der Waals surface area contributed by atoms with Gasteiger partial charge in [0.2, 0.25) is 0 Å². The molecule has 1 saturated carbocycles. The molecule has 0 bridgehead atoms. The predicted octanol–water partition coefficient (Wildman–Crippen LogP) is 1.86. The van der Waals surface area contributed by atoms with Gasteiger partial charge in [-0.05, 0) is 31.2 Å². The SMILES string of the molecule is CS(=O)(=O)c1cc(C(=O)N2C(C(=O)O)CC3CCCCC32)cc([N+](=O)[O-])c1. The summed E-state index contributed by atoms with van der Waals surface area (Å²) in [5, 5.41) is 20.7. The molecule has 3 rings (SSSR count). The molecule has 2 aliphatic rings. The fourth-order valence-corrected chi connectivity index (χ4v) is 4.82. The molecule has 1 aliphatic heterocycles. The maximum atomic E-state index is 13.1. The van der Waals surface area contributed by atoms with Crippen LogP contribution in [0.4, 0.5) is 5.69 Å². The fourth-order valence-electron chi connectivity index (χ4n) is 4.15. The van der Waals surface area contributed by atoms with E-state index in [1.54, 1.807) is 0 Å². The number of nitro benzene ring substituents is 1. The maximum absolute atomic E-state index is 13.1. The summed E-state index contributed by atoms with van der Waals surface area (Å²) in [6.07, 6.45) is 4.61. The van der Waals surface area contributed by atoms with Gasteiger partial charge in [-0.3, -0.25) is 14.9 Å². The summed E-state index contributed by atoms with van der Waals surface area (Å²) in [4.78, 5) is 36.2. The number of hydrogen-bond donors (Lipinski definition) is 1. The number of likely N-dealkylation sites (tertiary alicyclic amines) is 1. The van der Waals surface area contributed by atoms with Crippen LogP contribution in [-0.2, 0) is 14.6 Å². The van der Waals surface area contributed by atoms with Crippen LogP contribution in [0.3, 0.4) is 0 Å². The van der Waals surface area contributed by atoms with Gasteiger partial charge in [-0.15, -0.1) is 0 Å². The van der Waals surface area contributed by atoms with Crippen LogP contribution in [0, 0.1) is 16.0 Å². The van der Waals surface area contributed by atoms with Gasteiger partial charge in [0.25, 0.3) is 11.6 Å². The zero-order valence-electron chi connectivity index (χ0n) is 14.7. The molecule has 1 aromatic rings. The minimum Gasteiger partial charge on any atom is -0.480 e. The Hall–Kier alpha value is -2.49. The Balaban J connectivity index is 2.06. The van der Waals surface area contributed by atoms with Crippen molar-refractivity contribution >= 4 is 27.4 Å². The monoisotopic (exact) mass is 396 g/mol. The third-order valence-corrected chi connectivity index (χ3v) is 6.48. The molecule has 146 valence electrons. The summed E-state index contributed by atoms with van der Waals surface area (Å²) < 4.78 is 23.7. The van der Waals surface area contributed by atoms with Gasteiger partial charge in [-0.25, -0.2) is 13.2 Å². The minimum atomic E-state index is -3.78. The molecule has 1 aliphatic carbocycles. The van der Waals surface area contributed by atoms with E-state index in [0.717, 1.165) is 43.7 Å². The van der Waals surface area contributed by atoms with Crippen LogP contribution in [0.15, 0.2) is 23.1 Å². The molecule has 3 unspecified atom stereocenters. The quantitative estimate of drug-likeness (QED) is 0.606. The highest BCUT2D eigenvalue weighted by Crippen LogP contribution is 2.40. The van der Waals surface area contributed by atoms with E-state index >= 15 is 0 Å². The van der Waals surface area contributed by atoms with Crippen LogP contribution in [-0.4, -0.2) is 53.6 Å². The van der Waals surface area contributed by atoms with E-state index < -0.39 is 38.4 Å². The molecule has 1 N–H and O–H groups in total. The number of fused-ring (bicyclic) bond motifs is 1. The summed E-state index contributed by atoms with van der Waals surface area (Å²) in [5.74, 6) is -1.71. The number of amides is 1. The Kier molecular flexibility index (Phi) is 4.94. The second kappa shape index (κ2) is 6.91. The number of aliphatic carboxylic acids is 1. The molecule has 1 heterocycles. The van der Waals surface area contributed by atoms with Gasteiger partial charge < -0.3 is 10.0 Å². The smallest absolute Gasteiger partial charge is 0.326 e. The lowest BCUT2D eigenvalue weighted by Gasteiger charge is -2.33. The second-order valence-corrected chi connectivity index (χ2v) is 9.17. The fraction of sp³-hybridized carbons (Fsp3) is 0.529. The summed E-state index contributed by atoms with van der Waals surface area (Å²) in [6, 6.07) is 1.74. The molecular formula is C17H20N2O7S. The first-order chi connectivity index (χ1) is 12.6. The van der Waals surface area contributed by atoms with E-state index in [2.05, 4.69) is 0 Å². The zero-order valence-corrected chi connectivity index (χ0v) is 15.5. The molecule has 0 aromatic heterocycles. The Morgan fingerprint density at radius 1 is 1.22 bits per heavy atom. The van der Waals surface area contributed by atoms with Crippen LogP contribution >= 0.6 is 0 Å². The highest BCUT2D eigenvalue weighted by Gasteiger charge is 2.47. The van der Waals surface area contributed by atoms with E-state index in [4.69, 9.17) is 0 Å². The summed E-state index contributed by atoms with van der Waals surface area (Å²) in [7, 11) is -3.78. The molecule has 3 atom stereocenters. The number of sulfone groups is 1. The van der Waals surface area contributed by atoms with E-state index in [1.165, 1.54) is 4.90 Å². The number of carboxylic acids is 1. The average molecular weight is 396 g/mol. The number of hydrogen-bond acceptors (Lipinski definition) is 6. The van der Waals surface area contributed by atoms with Crippen molar-refractivity contribution in [2.75, 3.05) is 6.26 Å². The number of carbonyl (C=O) groups is 2. The number of nitro groups is 1. The number of benzene rings is 1. The molecule has 0 spiro atoms. The molecule has 10 heteroatoms. The highest BCUT2D eigenvalue weighted by atomic mass is 32.2. The van der Waals surface area contributed by atoms with Gasteiger partial charge >= 0.3 is 5.97 Å². The van der Waals surface area contributed by atoms with Crippen molar-refractivity contribution in [2.24, 2.45) is 5.92 Å². The lowest BCUT2D eigenvalue weighted by Crippen LogP contribution is -2.46. The number of carboxylic acid groups (broad SMARTS) is 1. The molecule has 0 radical (unpaired) electrons. The van der Waals surface area contributed by atoms with Gasteiger partial charge in [-0.1, -0.05) is 12.8 Å². The van der Waals surface area contributed by atoms with Gasteiger partial charge in [0.15, 0.2) is 9.84 Å². The lowest BCUT2D eigenvalue weighted by molar-refractivity contribution is -0.385. The molecular weight excluding hydrogens is 376 g/mol. The zero-order chi connectivity index (χ0) is 19.9. The first kappa shape index (κ1) is 19.3. The third kappa shape index (κ3) is 3.66. The number of carbonyl (C=O) groups excluding carboxylic acids is 1. The predicted molar refractivity (Wildman–Crippen MR) is 94.2 cm³/mol. The van der Waals surface area contributed by atoms with E-state index in [0.29, 0.717) is 12.8 Å². The molecule has 9 nitrogen and oxygen atoms in total. The van der Waals surface area contributed by atoms with Crippen molar-refractivity contribution in [3.8, 4) is 0 Å². The molecule has 1 amide bonds. The standard InChI is InChI=1S/C17H20N2O7S/c1-27(25,26)13-7-11(6-12(9-13)19(23)24)16(20)18-14-5-3-2-4-10(14)8-15(18)17(21)22/h6-7,9-10,14-15H,2-5,8H2,1H3,(H,21,22). The van der Waals surface area contributed by atoms with Gasteiger partial charge in [0, 0.05) is 30.0 Å². The van der Waals surface area contributed by atoms with E-state index in [1.807, 2.05) is 0 Å². The molecule has 2 fully saturated rings. The molecule has 1 aromatic carbocycles. The van der Waals surface area contributed by atoms with E-state index in [-0.39, 0.29) is 22.4 Å². The van der Waals surface area contributed by atoms with Crippen molar-refractivity contribution in [3.63, 3.8) is 0 Å². The summed E-state index contributed by atoms with van der Waals surface area (Å²) in [6.45, 7) is 0. The summed E-state index contributed by atoms with van der Waals surface area (Å²) in [5.41, 5.74) is -0.699. The third-order valence-electron chi connectivity index (χ3n) is 5.38. The Morgan fingerprint density at radius 2 is 1.89 bits per heavy atom. The van der Waals surface area contributed by atoms with Crippen molar-refractivity contribution in [3.05, 3.63) is 33.9 Å². The normalized spacial score (nSPS) is 25.1. The number of rotatable bonds is 4. The minimum absolute atomic E-state index is 0.0804. The van der Waals surface area contributed by atoms with Gasteiger partial charge in [0.1, 0.15) is 6.04 Å². The van der Waals surface area contributed by atoms with Crippen LogP contribution in [0.25, 0.3) is 0 Å². The Bertz CT molecular complexity index is 912. The van der Waals surface area contributed by atoms with Gasteiger partial charge in [0.05, 0.1) is 9.82 Å². The molecule has 27 heavy (non-hydrogen) atoms. The lowest BCUT2D eigenvalue weighted by atomic mass is 9.84.